The van der Waals surface area contributed by atoms with Gasteiger partial charge < -0.3 is 30.1 Å². The minimum atomic E-state index is -0.425. The van der Waals surface area contributed by atoms with Crippen molar-refractivity contribution < 1.29 is 19.1 Å². The number of amides is 3. The van der Waals surface area contributed by atoms with Gasteiger partial charge in [-0.2, -0.15) is 5.10 Å². The van der Waals surface area contributed by atoms with Gasteiger partial charge >= 0.3 is 0 Å². The maximum Gasteiger partial charge on any atom is 0.237 e. The van der Waals surface area contributed by atoms with Crippen LogP contribution in [0.5, 0.6) is 5.88 Å². The molecule has 8 heterocycles. The van der Waals surface area contributed by atoms with E-state index in [1.54, 1.807) is 0 Å². The van der Waals surface area contributed by atoms with Gasteiger partial charge in [-0.25, -0.2) is 9.97 Å². The van der Waals surface area contributed by atoms with Crippen LogP contribution in [0.4, 0.5) is 28.6 Å². The number of aromatic nitrogens is 4. The molecular formula is C44H49N11O4. The molecule has 3 amide bonds. The first-order valence-electron chi connectivity index (χ1n) is 20.8. The third kappa shape index (κ3) is 7.06. The largest absolute Gasteiger partial charge is 0.474 e. The molecule has 3 fully saturated rings. The number of piperidine rings is 1. The number of hydrogen-bond acceptors (Lipinski definition) is 12. The van der Waals surface area contributed by atoms with Gasteiger partial charge in [0.2, 0.25) is 23.6 Å². The highest BCUT2D eigenvalue weighted by molar-refractivity contribution is 6.03. The van der Waals surface area contributed by atoms with Crippen molar-refractivity contribution in [2.24, 2.45) is 7.05 Å². The van der Waals surface area contributed by atoms with E-state index in [-0.39, 0.29) is 17.7 Å². The van der Waals surface area contributed by atoms with Gasteiger partial charge in [-0.05, 0) is 60.7 Å². The second-order valence-electron chi connectivity index (χ2n) is 16.4. The maximum atomic E-state index is 13.4. The quantitative estimate of drug-likeness (QED) is 0.196. The fourth-order valence-corrected chi connectivity index (χ4v) is 9.41. The molecular weight excluding hydrogens is 747 g/mol. The summed E-state index contributed by atoms with van der Waals surface area (Å²) in [6.45, 7) is 10.2. The number of piperazine rings is 1. The number of imide groups is 1. The standard InChI is InChI=1S/C44H49N11O4/c1-27-36(23-47-44-40(27)45-13-19-59-44)54-14-12-29-22-46-37(21-30(29)24-54)48-31-8-6-28(7-9-31)20-39(57)53-17-15-52(16-18-53)32-25-55(26-32)35-5-3-4-33-41(50-51(2)42(33)35)34-10-11-38(56)49-43(34)58/h3-9,21-23,32,34,45H,10-20,24-26H2,1-2H3,(H,46,48)(H,49,56,58). The SMILES string of the molecule is Cc1c(N2CCc3cnc(Nc4ccc(CC(=O)N5CCN(C6CN(c7cccc8c(C9CCC(=O)NC9=O)nn(C)c78)C6)CC5)cc4)cc3C2)cnc2c1NCCO2. The van der Waals surface area contributed by atoms with Gasteiger partial charge in [0, 0.05) is 101 Å². The van der Waals surface area contributed by atoms with Crippen LogP contribution >= 0.6 is 0 Å². The molecule has 3 N–H and O–H groups in total. The third-order valence-corrected chi connectivity index (χ3v) is 12.8. The molecule has 3 aromatic heterocycles. The van der Waals surface area contributed by atoms with Crippen LogP contribution in [0, 0.1) is 6.92 Å². The van der Waals surface area contributed by atoms with Crippen LogP contribution in [-0.4, -0.2) is 112 Å². The Balaban J connectivity index is 0.708. The van der Waals surface area contributed by atoms with Crippen molar-refractivity contribution in [1.82, 2.24) is 34.9 Å². The molecule has 5 aliphatic heterocycles. The average Bonchev–Trinajstić information content (AvgIpc) is 3.57. The molecule has 5 aliphatic rings. The van der Waals surface area contributed by atoms with Gasteiger partial charge in [0.15, 0.2) is 0 Å². The van der Waals surface area contributed by atoms with Crippen LogP contribution in [0.1, 0.15) is 46.7 Å². The third-order valence-electron chi connectivity index (χ3n) is 12.8. The van der Waals surface area contributed by atoms with Crippen LogP contribution < -0.4 is 30.5 Å². The molecule has 0 radical (unpaired) electrons. The zero-order valence-corrected chi connectivity index (χ0v) is 33.5. The topological polar surface area (TPSA) is 153 Å². The second-order valence-corrected chi connectivity index (χ2v) is 16.4. The normalized spacial score (nSPS) is 19.7. The minimum Gasteiger partial charge on any atom is -0.474 e. The number of aryl methyl sites for hydroxylation is 1. The van der Waals surface area contributed by atoms with E-state index in [9.17, 15) is 14.4 Å². The highest BCUT2D eigenvalue weighted by Gasteiger charge is 2.37. The van der Waals surface area contributed by atoms with Gasteiger partial charge in [0.1, 0.15) is 18.1 Å². The molecule has 10 rings (SSSR count). The Hall–Kier alpha value is -6.22. The van der Waals surface area contributed by atoms with E-state index in [1.807, 2.05) is 65.4 Å². The van der Waals surface area contributed by atoms with E-state index >= 15 is 0 Å². The number of pyridine rings is 2. The summed E-state index contributed by atoms with van der Waals surface area (Å²) in [6, 6.07) is 16.8. The number of rotatable bonds is 8. The Morgan fingerprint density at radius 1 is 0.932 bits per heavy atom. The molecule has 2 aromatic carbocycles. The Bertz CT molecular complexity index is 2450. The number of hydrogen-bond donors (Lipinski definition) is 3. The van der Waals surface area contributed by atoms with Gasteiger partial charge in [-0.3, -0.25) is 29.3 Å². The molecule has 3 saturated heterocycles. The van der Waals surface area contributed by atoms with Gasteiger partial charge in [-0.1, -0.05) is 24.3 Å². The lowest BCUT2D eigenvalue weighted by Crippen LogP contribution is -2.63. The lowest BCUT2D eigenvalue weighted by molar-refractivity contribution is -0.134. The number of ether oxygens (including phenoxy) is 1. The van der Waals surface area contributed by atoms with Gasteiger partial charge in [-0.15, -0.1) is 0 Å². The van der Waals surface area contributed by atoms with E-state index in [0.717, 1.165) is 122 Å². The average molecular weight is 796 g/mol. The number of fused-ring (bicyclic) bond motifs is 3. The Kier molecular flexibility index (Phi) is 9.54. The first-order valence-corrected chi connectivity index (χ1v) is 20.8. The minimum absolute atomic E-state index is 0.156. The Morgan fingerprint density at radius 3 is 2.58 bits per heavy atom. The number of nitrogens with one attached hydrogen (secondary N) is 3. The molecule has 304 valence electrons. The van der Waals surface area contributed by atoms with E-state index in [2.05, 4.69) is 54.7 Å². The molecule has 15 heteroatoms. The monoisotopic (exact) mass is 795 g/mol. The smallest absolute Gasteiger partial charge is 0.237 e. The number of nitrogens with zero attached hydrogens (tertiary/aromatic N) is 8. The molecule has 15 nitrogen and oxygen atoms in total. The molecule has 59 heavy (non-hydrogen) atoms. The van der Waals surface area contributed by atoms with Crippen molar-refractivity contribution in [3.8, 4) is 5.88 Å². The highest BCUT2D eigenvalue weighted by atomic mass is 16.5. The maximum absolute atomic E-state index is 13.4. The first kappa shape index (κ1) is 37.1. The Labute approximate surface area is 342 Å². The lowest BCUT2D eigenvalue weighted by Gasteiger charge is -2.49. The predicted molar refractivity (Wildman–Crippen MR) is 225 cm³/mol. The van der Waals surface area contributed by atoms with Crippen LogP contribution in [0.25, 0.3) is 10.9 Å². The molecule has 0 saturated carbocycles. The molecule has 0 aliphatic carbocycles. The first-order chi connectivity index (χ1) is 28.8. The summed E-state index contributed by atoms with van der Waals surface area (Å²) in [5.74, 6) is 0.720. The summed E-state index contributed by atoms with van der Waals surface area (Å²) in [6.07, 6.45) is 6.01. The second kappa shape index (κ2) is 15.2. The zero-order valence-electron chi connectivity index (χ0n) is 33.5. The lowest BCUT2D eigenvalue weighted by atomic mass is 9.92. The summed E-state index contributed by atoms with van der Waals surface area (Å²) < 4.78 is 7.61. The number of carbonyl (C=O) groups excluding carboxylic acids is 3. The van der Waals surface area contributed by atoms with Crippen molar-refractivity contribution >= 4 is 57.2 Å². The van der Waals surface area contributed by atoms with Crippen molar-refractivity contribution in [3.63, 3.8) is 0 Å². The summed E-state index contributed by atoms with van der Waals surface area (Å²) in [5, 5.41) is 15.1. The molecule has 0 bridgehead atoms. The highest BCUT2D eigenvalue weighted by Crippen LogP contribution is 2.38. The number of para-hydroxylation sites is 1. The van der Waals surface area contributed by atoms with Crippen molar-refractivity contribution in [1.29, 1.82) is 0 Å². The number of carbonyl (C=O) groups is 3. The summed E-state index contributed by atoms with van der Waals surface area (Å²) >= 11 is 0. The zero-order chi connectivity index (χ0) is 40.2. The fourth-order valence-electron chi connectivity index (χ4n) is 9.41. The van der Waals surface area contributed by atoms with Crippen molar-refractivity contribution in [3.05, 3.63) is 88.9 Å². The van der Waals surface area contributed by atoms with Crippen LogP contribution in [0.15, 0.2) is 60.9 Å². The fraction of sp³-hybridized carbons (Fsp3) is 0.409. The van der Waals surface area contributed by atoms with E-state index in [4.69, 9.17) is 14.8 Å². The van der Waals surface area contributed by atoms with E-state index < -0.39 is 5.92 Å². The van der Waals surface area contributed by atoms with Crippen LogP contribution in [0.2, 0.25) is 0 Å². The number of benzene rings is 2. The predicted octanol–water partition coefficient (Wildman–Crippen LogP) is 3.88. The summed E-state index contributed by atoms with van der Waals surface area (Å²) in [4.78, 5) is 56.4. The molecule has 0 spiro atoms. The van der Waals surface area contributed by atoms with E-state index in [1.165, 1.54) is 11.1 Å². The van der Waals surface area contributed by atoms with Crippen molar-refractivity contribution in [2.45, 2.75) is 51.1 Å². The van der Waals surface area contributed by atoms with Crippen molar-refractivity contribution in [2.75, 3.05) is 79.4 Å². The summed E-state index contributed by atoms with van der Waals surface area (Å²) in [5.41, 5.74) is 10.6. The van der Waals surface area contributed by atoms with Gasteiger partial charge in [0.05, 0.1) is 41.1 Å². The van der Waals surface area contributed by atoms with Crippen LogP contribution in [-0.2, 0) is 40.8 Å². The molecule has 1 unspecified atom stereocenters. The molecule has 5 aromatic rings. The van der Waals surface area contributed by atoms with E-state index in [0.29, 0.717) is 37.8 Å². The Morgan fingerprint density at radius 2 is 1.76 bits per heavy atom. The number of anilines is 5. The van der Waals surface area contributed by atoms with Crippen LogP contribution in [0.3, 0.4) is 0 Å². The molecule has 1 atom stereocenters. The van der Waals surface area contributed by atoms with Gasteiger partial charge in [0.25, 0.3) is 0 Å². The summed E-state index contributed by atoms with van der Waals surface area (Å²) in [7, 11) is 1.92.